The normalized spacial score (nSPS) is 10.5. The van der Waals surface area contributed by atoms with Gasteiger partial charge in [-0.2, -0.15) is 5.10 Å². The molecule has 0 saturated heterocycles. The van der Waals surface area contributed by atoms with Crippen LogP contribution in [0.2, 0.25) is 0 Å². The van der Waals surface area contributed by atoms with E-state index in [1.54, 1.807) is 11.0 Å². The summed E-state index contributed by atoms with van der Waals surface area (Å²) in [7, 11) is 0. The van der Waals surface area contributed by atoms with Crippen LogP contribution >= 0.6 is 0 Å². The molecular weight excluding hydrogens is 328 g/mol. The van der Waals surface area contributed by atoms with Crippen molar-refractivity contribution in [3.8, 4) is 5.75 Å². The molecule has 1 N–H and O–H groups in total. The molecule has 3 aromatic rings. The summed E-state index contributed by atoms with van der Waals surface area (Å²) >= 11 is 0. The van der Waals surface area contributed by atoms with Crippen LogP contribution in [0.5, 0.6) is 5.75 Å². The van der Waals surface area contributed by atoms with Gasteiger partial charge >= 0.3 is 0 Å². The van der Waals surface area contributed by atoms with Crippen molar-refractivity contribution in [3.05, 3.63) is 78.4 Å². The van der Waals surface area contributed by atoms with Gasteiger partial charge in [-0.3, -0.25) is 9.48 Å². The fourth-order valence-corrected chi connectivity index (χ4v) is 2.49. The van der Waals surface area contributed by atoms with Crippen molar-refractivity contribution in [2.24, 2.45) is 0 Å². The lowest BCUT2D eigenvalue weighted by molar-refractivity contribution is -0.121. The standard InChI is InChI=1S/C20H22N4O2/c25-20(11-13-24-16-21-15-23-24)22-12-10-17-6-8-19(9-7-17)26-14-18-4-2-1-3-5-18/h1-9,15-16H,10-14H2,(H,22,25). The van der Waals surface area contributed by atoms with Gasteiger partial charge < -0.3 is 10.1 Å². The van der Waals surface area contributed by atoms with E-state index >= 15 is 0 Å². The molecule has 0 aliphatic heterocycles. The second-order valence-electron chi connectivity index (χ2n) is 5.93. The molecule has 0 fully saturated rings. The fourth-order valence-electron chi connectivity index (χ4n) is 2.49. The van der Waals surface area contributed by atoms with Crippen LogP contribution in [0.15, 0.2) is 67.3 Å². The molecule has 0 spiro atoms. The van der Waals surface area contributed by atoms with Crippen LogP contribution in [-0.4, -0.2) is 27.2 Å². The monoisotopic (exact) mass is 350 g/mol. The highest BCUT2D eigenvalue weighted by Gasteiger charge is 2.02. The summed E-state index contributed by atoms with van der Waals surface area (Å²) in [6, 6.07) is 18.1. The molecular formula is C20H22N4O2. The van der Waals surface area contributed by atoms with Gasteiger partial charge in [0, 0.05) is 13.0 Å². The van der Waals surface area contributed by atoms with Gasteiger partial charge in [0.05, 0.1) is 6.54 Å². The van der Waals surface area contributed by atoms with E-state index in [0.29, 0.717) is 26.1 Å². The van der Waals surface area contributed by atoms with Crippen LogP contribution in [-0.2, 0) is 24.4 Å². The average molecular weight is 350 g/mol. The number of benzene rings is 2. The van der Waals surface area contributed by atoms with Crippen LogP contribution in [0, 0.1) is 0 Å². The summed E-state index contributed by atoms with van der Waals surface area (Å²) in [6.45, 7) is 1.71. The molecule has 0 radical (unpaired) electrons. The number of nitrogens with one attached hydrogen (secondary N) is 1. The van der Waals surface area contributed by atoms with Gasteiger partial charge in [-0.25, -0.2) is 4.98 Å². The Morgan fingerprint density at radius 2 is 1.85 bits per heavy atom. The Morgan fingerprint density at radius 1 is 1.04 bits per heavy atom. The average Bonchev–Trinajstić information content (AvgIpc) is 3.20. The first-order valence-corrected chi connectivity index (χ1v) is 8.64. The molecule has 0 saturated carbocycles. The third kappa shape index (κ3) is 5.73. The number of carbonyl (C=O) groups is 1. The second-order valence-corrected chi connectivity index (χ2v) is 5.93. The highest BCUT2D eigenvalue weighted by Crippen LogP contribution is 2.14. The predicted molar refractivity (Wildman–Crippen MR) is 98.6 cm³/mol. The minimum atomic E-state index is 0.0170. The van der Waals surface area contributed by atoms with Crippen LogP contribution in [0.4, 0.5) is 0 Å². The quantitative estimate of drug-likeness (QED) is 0.644. The zero-order valence-corrected chi connectivity index (χ0v) is 14.5. The van der Waals surface area contributed by atoms with E-state index in [0.717, 1.165) is 23.3 Å². The largest absolute Gasteiger partial charge is 0.489 e. The number of ether oxygens (including phenoxy) is 1. The Bertz CT molecular complexity index is 786. The van der Waals surface area contributed by atoms with Gasteiger partial charge in [0.1, 0.15) is 25.0 Å². The molecule has 134 valence electrons. The lowest BCUT2D eigenvalue weighted by Gasteiger charge is -2.08. The molecule has 6 heteroatoms. The molecule has 0 aliphatic carbocycles. The van der Waals surface area contributed by atoms with Gasteiger partial charge in [-0.05, 0) is 29.7 Å². The predicted octanol–water partition coefficient (Wildman–Crippen LogP) is 2.61. The summed E-state index contributed by atoms with van der Waals surface area (Å²) in [5.74, 6) is 0.859. The molecule has 3 rings (SSSR count). The number of hydrogen-bond acceptors (Lipinski definition) is 4. The lowest BCUT2D eigenvalue weighted by atomic mass is 10.1. The van der Waals surface area contributed by atoms with Gasteiger partial charge in [0.15, 0.2) is 0 Å². The fraction of sp³-hybridized carbons (Fsp3) is 0.250. The number of amides is 1. The molecule has 0 atom stereocenters. The van der Waals surface area contributed by atoms with Gasteiger partial charge in [0.25, 0.3) is 0 Å². The van der Waals surface area contributed by atoms with E-state index in [1.807, 2.05) is 54.6 Å². The number of hydrogen-bond donors (Lipinski definition) is 1. The topological polar surface area (TPSA) is 69.0 Å². The van der Waals surface area contributed by atoms with Gasteiger partial charge in [-0.15, -0.1) is 0 Å². The highest BCUT2D eigenvalue weighted by molar-refractivity contribution is 5.75. The molecule has 0 unspecified atom stereocenters. The molecule has 1 heterocycles. The minimum absolute atomic E-state index is 0.0170. The molecule has 26 heavy (non-hydrogen) atoms. The van der Waals surface area contributed by atoms with E-state index < -0.39 is 0 Å². The van der Waals surface area contributed by atoms with Crippen molar-refractivity contribution in [2.45, 2.75) is 26.0 Å². The van der Waals surface area contributed by atoms with Crippen molar-refractivity contribution >= 4 is 5.91 Å². The lowest BCUT2D eigenvalue weighted by Crippen LogP contribution is -2.26. The first-order chi connectivity index (χ1) is 12.8. The van der Waals surface area contributed by atoms with Crippen molar-refractivity contribution in [1.82, 2.24) is 20.1 Å². The van der Waals surface area contributed by atoms with E-state index in [1.165, 1.54) is 6.33 Å². The number of aromatic nitrogens is 3. The third-order valence-corrected chi connectivity index (χ3v) is 3.94. The zero-order valence-electron chi connectivity index (χ0n) is 14.5. The minimum Gasteiger partial charge on any atom is -0.489 e. The SMILES string of the molecule is O=C(CCn1cncn1)NCCc1ccc(OCc2ccccc2)cc1. The Hall–Kier alpha value is -3.15. The van der Waals surface area contributed by atoms with Crippen molar-refractivity contribution in [2.75, 3.05) is 6.54 Å². The number of aryl methyl sites for hydroxylation is 1. The molecule has 1 amide bonds. The maximum absolute atomic E-state index is 11.8. The Balaban J connectivity index is 1.35. The van der Waals surface area contributed by atoms with E-state index in [-0.39, 0.29) is 5.91 Å². The van der Waals surface area contributed by atoms with E-state index in [4.69, 9.17) is 4.74 Å². The first kappa shape index (κ1) is 17.7. The summed E-state index contributed by atoms with van der Waals surface area (Å²) < 4.78 is 7.42. The van der Waals surface area contributed by atoms with Crippen LogP contribution in [0.3, 0.4) is 0 Å². The summed E-state index contributed by atoms with van der Waals surface area (Å²) in [5.41, 5.74) is 2.30. The Labute approximate surface area is 152 Å². The first-order valence-electron chi connectivity index (χ1n) is 8.64. The van der Waals surface area contributed by atoms with Crippen LogP contribution < -0.4 is 10.1 Å². The second kappa shape index (κ2) is 9.36. The molecule has 1 aromatic heterocycles. The zero-order chi connectivity index (χ0) is 18.0. The maximum atomic E-state index is 11.8. The summed E-state index contributed by atoms with van der Waals surface area (Å²) in [5, 5.41) is 6.90. The molecule has 0 bridgehead atoms. The van der Waals surface area contributed by atoms with Gasteiger partial charge in [0.2, 0.25) is 5.91 Å². The third-order valence-electron chi connectivity index (χ3n) is 3.94. The van der Waals surface area contributed by atoms with Crippen molar-refractivity contribution in [1.29, 1.82) is 0 Å². The molecule has 0 aliphatic rings. The number of rotatable bonds is 9. The Kier molecular flexibility index (Phi) is 6.36. The number of nitrogens with zero attached hydrogens (tertiary/aromatic N) is 3. The summed E-state index contributed by atoms with van der Waals surface area (Å²) in [6.07, 6.45) is 4.25. The molecule has 6 nitrogen and oxygen atoms in total. The highest BCUT2D eigenvalue weighted by atomic mass is 16.5. The van der Waals surface area contributed by atoms with Crippen molar-refractivity contribution < 1.29 is 9.53 Å². The van der Waals surface area contributed by atoms with Crippen molar-refractivity contribution in [3.63, 3.8) is 0 Å². The van der Waals surface area contributed by atoms with Crippen LogP contribution in [0.25, 0.3) is 0 Å². The van der Waals surface area contributed by atoms with Gasteiger partial charge in [-0.1, -0.05) is 42.5 Å². The smallest absolute Gasteiger partial charge is 0.221 e. The maximum Gasteiger partial charge on any atom is 0.221 e. The Morgan fingerprint density at radius 3 is 2.58 bits per heavy atom. The van der Waals surface area contributed by atoms with E-state index in [9.17, 15) is 4.79 Å². The van der Waals surface area contributed by atoms with Crippen LogP contribution in [0.1, 0.15) is 17.5 Å². The summed E-state index contributed by atoms with van der Waals surface area (Å²) in [4.78, 5) is 15.7. The van der Waals surface area contributed by atoms with E-state index in [2.05, 4.69) is 15.4 Å². The number of carbonyl (C=O) groups excluding carboxylic acids is 1. The molecule has 2 aromatic carbocycles.